The van der Waals surface area contributed by atoms with Crippen LogP contribution in [0.1, 0.15) is 42.7 Å². The van der Waals surface area contributed by atoms with E-state index in [9.17, 15) is 9.59 Å². The smallest absolute Gasteiger partial charge is 0.241 e. The maximum Gasteiger partial charge on any atom is 0.241 e. The number of nitrogens with one attached hydrogen (secondary N) is 2. The van der Waals surface area contributed by atoms with Crippen LogP contribution in [0.4, 0.5) is 5.69 Å². The molecule has 2 rings (SSSR count). The van der Waals surface area contributed by atoms with Crippen LogP contribution in [0.15, 0.2) is 48.5 Å². The van der Waals surface area contributed by atoms with Crippen LogP contribution in [0, 0.1) is 0 Å². The number of carbonyl (C=O) groups is 2. The fourth-order valence-corrected chi connectivity index (χ4v) is 2.60. The van der Waals surface area contributed by atoms with Crippen LogP contribution in [-0.2, 0) is 4.79 Å². The van der Waals surface area contributed by atoms with Crippen LogP contribution in [0.2, 0.25) is 0 Å². The molecular formula is C20H24N2O3. The van der Waals surface area contributed by atoms with Crippen LogP contribution in [0.25, 0.3) is 0 Å². The highest BCUT2D eigenvalue weighted by Gasteiger charge is 2.18. The van der Waals surface area contributed by atoms with E-state index < -0.39 is 6.04 Å². The summed E-state index contributed by atoms with van der Waals surface area (Å²) in [6, 6.07) is 14.1. The molecule has 0 saturated heterocycles. The Kier molecular flexibility index (Phi) is 6.31. The Bertz CT molecular complexity index is 741. The lowest BCUT2D eigenvalue weighted by molar-refractivity contribution is -0.117. The first-order chi connectivity index (χ1) is 11.9. The monoisotopic (exact) mass is 340 g/mol. The first kappa shape index (κ1) is 18.7. The number of ketones is 1. The highest BCUT2D eigenvalue weighted by atomic mass is 16.5. The molecule has 2 aromatic carbocycles. The quantitative estimate of drug-likeness (QED) is 0.756. The fraction of sp³-hybridized carbons (Fsp3) is 0.300. The van der Waals surface area contributed by atoms with Gasteiger partial charge in [0.25, 0.3) is 0 Å². The lowest BCUT2D eigenvalue weighted by Crippen LogP contribution is -2.39. The molecule has 0 heterocycles. The zero-order valence-electron chi connectivity index (χ0n) is 15.0. The molecule has 0 saturated carbocycles. The third-order valence-corrected chi connectivity index (χ3v) is 4.06. The lowest BCUT2D eigenvalue weighted by Gasteiger charge is -2.21. The molecule has 2 atom stereocenters. The third-order valence-electron chi connectivity index (χ3n) is 4.06. The van der Waals surface area contributed by atoms with E-state index in [0.29, 0.717) is 11.3 Å². The number of Topliss-reactive ketones (excluding diaryl/α,β-unsaturated/α-hetero) is 1. The summed E-state index contributed by atoms with van der Waals surface area (Å²) in [5.74, 6) is 0.644. The molecule has 132 valence electrons. The van der Waals surface area contributed by atoms with Gasteiger partial charge in [0, 0.05) is 22.9 Å². The average molecular weight is 340 g/mol. The Morgan fingerprint density at radius 1 is 1.00 bits per heavy atom. The second kappa shape index (κ2) is 8.44. The Morgan fingerprint density at radius 3 is 2.24 bits per heavy atom. The van der Waals surface area contributed by atoms with Crippen molar-refractivity contribution in [2.75, 3.05) is 12.4 Å². The van der Waals surface area contributed by atoms with Crippen molar-refractivity contribution in [3.63, 3.8) is 0 Å². The number of ether oxygens (including phenoxy) is 1. The van der Waals surface area contributed by atoms with Crippen molar-refractivity contribution >= 4 is 17.4 Å². The van der Waals surface area contributed by atoms with Crippen molar-refractivity contribution in [3.05, 3.63) is 59.7 Å². The first-order valence-corrected chi connectivity index (χ1v) is 8.23. The van der Waals surface area contributed by atoms with E-state index in [4.69, 9.17) is 4.74 Å². The molecule has 0 aromatic heterocycles. The van der Waals surface area contributed by atoms with Crippen molar-refractivity contribution in [2.45, 2.75) is 32.9 Å². The molecule has 0 unspecified atom stereocenters. The standard InChI is InChI=1S/C20H24N2O3/c1-13(18-7-5-6-8-19(18)25-4)21-14(2)20(24)22-17-11-9-16(10-12-17)15(3)23/h5-14,21H,1-4H3,(H,22,24)/t13-,14+/m1/s1. The van der Waals surface area contributed by atoms with Crippen molar-refractivity contribution in [1.29, 1.82) is 0 Å². The van der Waals surface area contributed by atoms with Crippen LogP contribution in [0.5, 0.6) is 5.75 Å². The Balaban J connectivity index is 1.98. The number of anilines is 1. The second-order valence-electron chi connectivity index (χ2n) is 5.97. The van der Waals surface area contributed by atoms with Gasteiger partial charge in [-0.1, -0.05) is 18.2 Å². The van der Waals surface area contributed by atoms with Crippen LogP contribution >= 0.6 is 0 Å². The molecule has 2 aromatic rings. The predicted molar refractivity (Wildman–Crippen MR) is 99.1 cm³/mol. The molecule has 0 aliphatic carbocycles. The summed E-state index contributed by atoms with van der Waals surface area (Å²) in [5.41, 5.74) is 2.28. The fourth-order valence-electron chi connectivity index (χ4n) is 2.60. The van der Waals surface area contributed by atoms with Gasteiger partial charge in [-0.2, -0.15) is 0 Å². The molecule has 2 N–H and O–H groups in total. The topological polar surface area (TPSA) is 67.4 Å². The summed E-state index contributed by atoms with van der Waals surface area (Å²) >= 11 is 0. The van der Waals surface area contributed by atoms with Gasteiger partial charge in [0.05, 0.1) is 13.2 Å². The number of benzene rings is 2. The number of para-hydroxylation sites is 1. The van der Waals surface area contributed by atoms with Crippen LogP contribution in [-0.4, -0.2) is 24.8 Å². The Morgan fingerprint density at radius 2 is 1.64 bits per heavy atom. The number of amides is 1. The van der Waals surface area contributed by atoms with Crippen LogP contribution in [0.3, 0.4) is 0 Å². The van der Waals surface area contributed by atoms with Crippen molar-refractivity contribution in [2.24, 2.45) is 0 Å². The number of rotatable bonds is 7. The number of methoxy groups -OCH3 is 1. The molecule has 0 bridgehead atoms. The Labute approximate surface area is 148 Å². The van der Waals surface area contributed by atoms with Gasteiger partial charge in [-0.15, -0.1) is 0 Å². The van der Waals surface area contributed by atoms with Crippen molar-refractivity contribution in [1.82, 2.24) is 5.32 Å². The number of hydrogen-bond acceptors (Lipinski definition) is 4. The van der Waals surface area contributed by atoms with E-state index in [1.807, 2.05) is 38.1 Å². The predicted octanol–water partition coefficient (Wildman–Crippen LogP) is 3.58. The minimum Gasteiger partial charge on any atom is -0.496 e. The maximum absolute atomic E-state index is 12.4. The molecule has 0 aliphatic heterocycles. The number of hydrogen-bond donors (Lipinski definition) is 2. The summed E-state index contributed by atoms with van der Waals surface area (Å²) in [4.78, 5) is 23.7. The van der Waals surface area contributed by atoms with E-state index in [0.717, 1.165) is 11.3 Å². The SMILES string of the molecule is COc1ccccc1[C@@H](C)N[C@@H](C)C(=O)Nc1ccc(C(C)=O)cc1. The average Bonchev–Trinajstić information content (AvgIpc) is 2.61. The molecule has 0 fully saturated rings. The van der Waals surface area contributed by atoms with Gasteiger partial charge in [-0.3, -0.25) is 14.9 Å². The normalized spacial score (nSPS) is 13.0. The summed E-state index contributed by atoms with van der Waals surface area (Å²) in [5, 5.41) is 6.12. The van der Waals surface area contributed by atoms with E-state index in [1.165, 1.54) is 6.92 Å². The van der Waals surface area contributed by atoms with Gasteiger partial charge < -0.3 is 10.1 Å². The van der Waals surface area contributed by atoms with Crippen molar-refractivity contribution < 1.29 is 14.3 Å². The van der Waals surface area contributed by atoms with Gasteiger partial charge in [0.15, 0.2) is 5.78 Å². The van der Waals surface area contributed by atoms with Gasteiger partial charge in [0.2, 0.25) is 5.91 Å². The summed E-state index contributed by atoms with van der Waals surface area (Å²) in [7, 11) is 1.63. The summed E-state index contributed by atoms with van der Waals surface area (Å²) in [6.07, 6.45) is 0. The Hall–Kier alpha value is -2.66. The summed E-state index contributed by atoms with van der Waals surface area (Å²) < 4.78 is 5.37. The molecule has 5 nitrogen and oxygen atoms in total. The molecular weight excluding hydrogens is 316 g/mol. The number of carbonyl (C=O) groups excluding carboxylic acids is 2. The minimum atomic E-state index is -0.396. The highest BCUT2D eigenvalue weighted by molar-refractivity contribution is 5.97. The largest absolute Gasteiger partial charge is 0.496 e. The third kappa shape index (κ3) is 4.90. The molecule has 0 spiro atoms. The van der Waals surface area contributed by atoms with E-state index >= 15 is 0 Å². The molecule has 5 heteroatoms. The second-order valence-corrected chi connectivity index (χ2v) is 5.97. The molecule has 25 heavy (non-hydrogen) atoms. The van der Waals surface area contributed by atoms with Crippen molar-refractivity contribution in [3.8, 4) is 5.75 Å². The zero-order chi connectivity index (χ0) is 18.4. The van der Waals surface area contributed by atoms with Crippen LogP contribution < -0.4 is 15.4 Å². The molecule has 1 amide bonds. The first-order valence-electron chi connectivity index (χ1n) is 8.23. The summed E-state index contributed by atoms with van der Waals surface area (Å²) in [6.45, 7) is 5.31. The van der Waals surface area contributed by atoms with E-state index in [1.54, 1.807) is 31.4 Å². The van der Waals surface area contributed by atoms with Gasteiger partial charge in [-0.05, 0) is 51.1 Å². The van der Waals surface area contributed by atoms with E-state index in [2.05, 4.69) is 10.6 Å². The zero-order valence-corrected chi connectivity index (χ0v) is 15.0. The van der Waals surface area contributed by atoms with Gasteiger partial charge >= 0.3 is 0 Å². The molecule has 0 aliphatic rings. The minimum absolute atomic E-state index is 0.00135. The van der Waals surface area contributed by atoms with E-state index in [-0.39, 0.29) is 17.7 Å². The molecule has 0 radical (unpaired) electrons. The van der Waals surface area contributed by atoms with Gasteiger partial charge in [0.1, 0.15) is 5.75 Å². The lowest BCUT2D eigenvalue weighted by atomic mass is 10.1. The maximum atomic E-state index is 12.4. The highest BCUT2D eigenvalue weighted by Crippen LogP contribution is 2.24. The van der Waals surface area contributed by atoms with Gasteiger partial charge in [-0.25, -0.2) is 0 Å².